The van der Waals surface area contributed by atoms with E-state index in [-0.39, 0.29) is 29.4 Å². The van der Waals surface area contributed by atoms with Crippen molar-refractivity contribution in [2.24, 2.45) is 5.41 Å². The number of hydrogen-bond acceptors (Lipinski definition) is 5. The molecule has 0 saturated carbocycles. The molecule has 1 saturated heterocycles. The van der Waals surface area contributed by atoms with Gasteiger partial charge in [-0.2, -0.15) is 0 Å². The summed E-state index contributed by atoms with van der Waals surface area (Å²) < 4.78 is 5.78. The molecule has 7 heteroatoms. The molecule has 0 atom stereocenters. The third kappa shape index (κ3) is 4.36. The van der Waals surface area contributed by atoms with Crippen LogP contribution in [-0.2, 0) is 11.2 Å². The van der Waals surface area contributed by atoms with Crippen molar-refractivity contribution in [2.75, 3.05) is 37.6 Å². The predicted octanol–water partition coefficient (Wildman–Crippen LogP) is 2.82. The van der Waals surface area contributed by atoms with Gasteiger partial charge in [-0.05, 0) is 24.5 Å². The average Bonchev–Trinajstić information content (AvgIpc) is 3.07. The minimum atomic E-state index is -0.450. The molecule has 0 bridgehead atoms. The molecule has 4 rings (SSSR count). The molecule has 31 heavy (non-hydrogen) atoms. The molecule has 1 N–H and O–H groups in total. The molecule has 1 aromatic heterocycles. The fraction of sp³-hybridized carbons (Fsp3) is 0.458. The lowest BCUT2D eigenvalue weighted by atomic mass is 9.76. The van der Waals surface area contributed by atoms with Crippen LogP contribution in [0.15, 0.2) is 34.7 Å². The third-order valence-corrected chi connectivity index (χ3v) is 6.14. The number of carbonyl (C=O) groups excluding carboxylic acids is 3. The van der Waals surface area contributed by atoms with E-state index in [9.17, 15) is 14.4 Å². The van der Waals surface area contributed by atoms with Gasteiger partial charge in [-0.3, -0.25) is 14.4 Å². The first-order chi connectivity index (χ1) is 14.7. The Labute approximate surface area is 182 Å². The van der Waals surface area contributed by atoms with Gasteiger partial charge in [0, 0.05) is 50.3 Å². The Morgan fingerprint density at radius 1 is 1.06 bits per heavy atom. The Hall–Kier alpha value is -3.09. The molecule has 1 aliphatic heterocycles. The summed E-state index contributed by atoms with van der Waals surface area (Å²) in [5.74, 6) is 0.157. The first-order valence-corrected chi connectivity index (χ1v) is 10.8. The number of benzene rings is 1. The van der Waals surface area contributed by atoms with Gasteiger partial charge in [0.2, 0.25) is 5.91 Å². The zero-order chi connectivity index (χ0) is 22.2. The summed E-state index contributed by atoms with van der Waals surface area (Å²) in [6.07, 6.45) is 1.06. The lowest BCUT2D eigenvalue weighted by Gasteiger charge is -2.36. The Balaban J connectivity index is 1.34. The number of para-hydroxylation sites is 1. The second-order valence-electron chi connectivity index (χ2n) is 9.18. The highest BCUT2D eigenvalue weighted by Gasteiger charge is 2.37. The van der Waals surface area contributed by atoms with Gasteiger partial charge in [0.1, 0.15) is 5.76 Å². The van der Waals surface area contributed by atoms with E-state index >= 15 is 0 Å². The van der Waals surface area contributed by atoms with E-state index in [1.807, 2.05) is 32.0 Å². The molecule has 164 valence electrons. The largest absolute Gasteiger partial charge is 0.455 e. The van der Waals surface area contributed by atoms with Crippen LogP contribution in [0.4, 0.5) is 5.69 Å². The number of furan rings is 1. The Kier molecular flexibility index (Phi) is 5.60. The summed E-state index contributed by atoms with van der Waals surface area (Å²) in [5.41, 5.74) is 2.07. The highest BCUT2D eigenvalue weighted by Crippen LogP contribution is 2.38. The lowest BCUT2D eigenvalue weighted by molar-refractivity contribution is -0.130. The van der Waals surface area contributed by atoms with Crippen molar-refractivity contribution in [1.82, 2.24) is 10.2 Å². The van der Waals surface area contributed by atoms with Crippen molar-refractivity contribution >= 4 is 23.3 Å². The van der Waals surface area contributed by atoms with Crippen LogP contribution in [0.1, 0.15) is 52.5 Å². The minimum Gasteiger partial charge on any atom is -0.455 e. The van der Waals surface area contributed by atoms with E-state index in [4.69, 9.17) is 4.42 Å². The number of amides is 2. The highest BCUT2D eigenvalue weighted by molar-refractivity contribution is 6.04. The van der Waals surface area contributed by atoms with Crippen LogP contribution in [0.25, 0.3) is 0 Å². The topological polar surface area (TPSA) is 82.9 Å². The van der Waals surface area contributed by atoms with Gasteiger partial charge in [-0.15, -0.1) is 0 Å². The van der Waals surface area contributed by atoms with E-state index in [1.54, 1.807) is 11.8 Å². The van der Waals surface area contributed by atoms with Gasteiger partial charge in [-0.25, -0.2) is 0 Å². The van der Waals surface area contributed by atoms with Crippen LogP contribution >= 0.6 is 0 Å². The predicted molar refractivity (Wildman–Crippen MR) is 117 cm³/mol. The van der Waals surface area contributed by atoms with Gasteiger partial charge in [0.25, 0.3) is 5.91 Å². The van der Waals surface area contributed by atoms with Crippen LogP contribution in [0.2, 0.25) is 0 Å². The van der Waals surface area contributed by atoms with E-state index in [0.717, 1.165) is 18.8 Å². The number of nitrogens with zero attached hydrogens (tertiary/aromatic N) is 2. The molecule has 2 amide bonds. The number of ketones is 1. The smallest absolute Gasteiger partial charge is 0.287 e. The summed E-state index contributed by atoms with van der Waals surface area (Å²) >= 11 is 0. The van der Waals surface area contributed by atoms with Gasteiger partial charge >= 0.3 is 0 Å². The molecule has 2 aliphatic rings. The first-order valence-electron chi connectivity index (χ1n) is 10.8. The summed E-state index contributed by atoms with van der Waals surface area (Å²) in [6, 6.07) is 10.1. The van der Waals surface area contributed by atoms with Gasteiger partial charge in [0.15, 0.2) is 11.5 Å². The van der Waals surface area contributed by atoms with Crippen LogP contribution in [0, 0.1) is 12.3 Å². The van der Waals surface area contributed by atoms with Crippen LogP contribution < -0.4 is 10.2 Å². The van der Waals surface area contributed by atoms with Crippen molar-refractivity contribution in [1.29, 1.82) is 0 Å². The zero-order valence-corrected chi connectivity index (χ0v) is 18.4. The van der Waals surface area contributed by atoms with Gasteiger partial charge in [-0.1, -0.05) is 32.0 Å². The Bertz CT molecular complexity index is 1000. The number of fused-ring (bicyclic) bond motifs is 1. The third-order valence-electron chi connectivity index (χ3n) is 6.14. The number of piperazine rings is 1. The molecule has 1 aromatic carbocycles. The number of rotatable bonds is 4. The van der Waals surface area contributed by atoms with E-state index in [2.05, 4.69) is 22.3 Å². The van der Waals surface area contributed by atoms with Crippen molar-refractivity contribution in [2.45, 2.75) is 33.6 Å². The van der Waals surface area contributed by atoms with Crippen molar-refractivity contribution < 1.29 is 18.8 Å². The fourth-order valence-corrected chi connectivity index (χ4v) is 4.50. The van der Waals surface area contributed by atoms with Crippen molar-refractivity contribution in [3.8, 4) is 0 Å². The highest BCUT2D eigenvalue weighted by atomic mass is 16.4. The fourth-order valence-electron chi connectivity index (χ4n) is 4.50. The summed E-state index contributed by atoms with van der Waals surface area (Å²) in [6.45, 7) is 8.41. The summed E-state index contributed by atoms with van der Waals surface area (Å²) in [5, 5.41) is 2.68. The molecule has 2 aromatic rings. The van der Waals surface area contributed by atoms with E-state index in [0.29, 0.717) is 42.8 Å². The number of carbonyl (C=O) groups is 3. The standard InChI is InChI=1S/C24H29N3O4/c1-16-21-18(28)13-24(2,3)14-19(21)31-22(16)23(30)25-15-20(29)27-11-9-26(10-12-27)17-7-5-4-6-8-17/h4-8H,9-15H2,1-3H3,(H,25,30). The summed E-state index contributed by atoms with van der Waals surface area (Å²) in [7, 11) is 0. The lowest BCUT2D eigenvalue weighted by Crippen LogP contribution is -2.51. The number of Topliss-reactive ketones (excluding diaryl/α,β-unsaturated/α-hetero) is 1. The first kappa shape index (κ1) is 21.2. The second-order valence-corrected chi connectivity index (χ2v) is 9.18. The monoisotopic (exact) mass is 423 g/mol. The quantitative estimate of drug-likeness (QED) is 0.818. The van der Waals surface area contributed by atoms with Crippen LogP contribution in [0.5, 0.6) is 0 Å². The Morgan fingerprint density at radius 2 is 1.74 bits per heavy atom. The Morgan fingerprint density at radius 3 is 2.42 bits per heavy atom. The van der Waals surface area contributed by atoms with Gasteiger partial charge < -0.3 is 19.5 Å². The molecule has 7 nitrogen and oxygen atoms in total. The molecular formula is C24H29N3O4. The maximum absolute atomic E-state index is 12.7. The summed E-state index contributed by atoms with van der Waals surface area (Å²) in [4.78, 5) is 41.8. The van der Waals surface area contributed by atoms with Crippen LogP contribution in [-0.4, -0.2) is 55.2 Å². The molecule has 0 unspecified atom stereocenters. The number of anilines is 1. The van der Waals surface area contributed by atoms with Crippen molar-refractivity contribution in [3.63, 3.8) is 0 Å². The molecule has 1 aliphatic carbocycles. The normalized spacial score (nSPS) is 18.0. The molecule has 2 heterocycles. The molecular weight excluding hydrogens is 394 g/mol. The van der Waals surface area contributed by atoms with E-state index < -0.39 is 5.91 Å². The SMILES string of the molecule is Cc1c(C(=O)NCC(=O)N2CCN(c3ccccc3)CC2)oc2c1C(=O)CC(C)(C)C2. The zero-order valence-electron chi connectivity index (χ0n) is 18.4. The maximum Gasteiger partial charge on any atom is 0.287 e. The molecule has 1 fully saturated rings. The second kappa shape index (κ2) is 8.21. The number of nitrogens with one attached hydrogen (secondary N) is 1. The van der Waals surface area contributed by atoms with E-state index in [1.165, 1.54) is 0 Å². The molecule has 0 radical (unpaired) electrons. The minimum absolute atomic E-state index is 0.0129. The maximum atomic E-state index is 12.7. The average molecular weight is 424 g/mol. The van der Waals surface area contributed by atoms with Gasteiger partial charge in [0.05, 0.1) is 12.1 Å². The molecule has 0 spiro atoms. The number of hydrogen-bond donors (Lipinski definition) is 1. The van der Waals surface area contributed by atoms with Crippen molar-refractivity contribution in [3.05, 3.63) is 53.0 Å². The van der Waals surface area contributed by atoms with Crippen LogP contribution in [0.3, 0.4) is 0 Å².